The standard InChI is InChI=1S/C36H36BN5/c1-35(2,3)25-17-23(21-38)33-31(19-25)41(8)32-20-26(36(4,5)6)18-24(22-39)34(32)42(33)37-27-13-9-11-15-29(27)40(7)30-16-12-10-14-28(30)37/h9-20H,1-8H3. The van der Waals surface area contributed by atoms with Gasteiger partial charge in [-0.2, -0.15) is 10.5 Å². The molecule has 0 atom stereocenters. The van der Waals surface area contributed by atoms with Crippen LogP contribution in [-0.2, 0) is 10.8 Å². The Labute approximate surface area is 250 Å². The van der Waals surface area contributed by atoms with Gasteiger partial charge in [-0.25, -0.2) is 0 Å². The molecule has 0 saturated heterocycles. The predicted molar refractivity (Wildman–Crippen MR) is 176 cm³/mol. The highest BCUT2D eigenvalue weighted by atomic mass is 15.2. The third-order valence-corrected chi connectivity index (χ3v) is 8.80. The Hall–Kier alpha value is -4.68. The summed E-state index contributed by atoms with van der Waals surface area (Å²) in [5.41, 5.74) is 11.2. The molecule has 5 nitrogen and oxygen atoms in total. The molecule has 4 aromatic carbocycles. The Balaban J connectivity index is 1.78. The van der Waals surface area contributed by atoms with E-state index in [0.29, 0.717) is 11.1 Å². The van der Waals surface area contributed by atoms with Crippen molar-refractivity contribution in [3.05, 3.63) is 95.1 Å². The molecule has 0 fully saturated rings. The second kappa shape index (κ2) is 9.43. The van der Waals surface area contributed by atoms with Gasteiger partial charge in [-0.1, -0.05) is 77.9 Å². The molecular weight excluding hydrogens is 513 g/mol. The second-order valence-corrected chi connectivity index (χ2v) is 13.5. The Kier molecular flexibility index (Phi) is 6.17. The molecular formula is C36H36BN5. The number of hydrogen-bond acceptors (Lipinski definition) is 5. The second-order valence-electron chi connectivity index (χ2n) is 13.5. The average molecular weight is 550 g/mol. The van der Waals surface area contributed by atoms with Gasteiger partial charge < -0.3 is 14.6 Å². The first kappa shape index (κ1) is 27.5. The first-order chi connectivity index (χ1) is 19.9. The molecule has 0 unspecified atom stereocenters. The summed E-state index contributed by atoms with van der Waals surface area (Å²) in [6.07, 6.45) is 0. The minimum atomic E-state index is -0.250. The molecule has 0 bridgehead atoms. The minimum Gasteiger partial charge on any atom is -0.371 e. The van der Waals surface area contributed by atoms with Gasteiger partial charge in [0.1, 0.15) is 12.1 Å². The molecule has 6 rings (SSSR count). The molecule has 2 aliphatic heterocycles. The quantitative estimate of drug-likeness (QED) is 0.237. The van der Waals surface area contributed by atoms with E-state index in [1.54, 1.807) is 0 Å². The zero-order chi connectivity index (χ0) is 30.1. The summed E-state index contributed by atoms with van der Waals surface area (Å²) in [4.78, 5) is 6.70. The van der Waals surface area contributed by atoms with Crippen LogP contribution in [0, 0.1) is 22.7 Å². The topological polar surface area (TPSA) is 57.3 Å². The molecule has 0 radical (unpaired) electrons. The lowest BCUT2D eigenvalue weighted by Crippen LogP contribution is -2.60. The van der Waals surface area contributed by atoms with Gasteiger partial charge in [0, 0.05) is 25.5 Å². The first-order valence-corrected chi connectivity index (χ1v) is 14.5. The summed E-state index contributed by atoms with van der Waals surface area (Å²) >= 11 is 0. The lowest BCUT2D eigenvalue weighted by Gasteiger charge is -2.46. The van der Waals surface area contributed by atoms with Crippen LogP contribution in [0.3, 0.4) is 0 Å². The van der Waals surface area contributed by atoms with Gasteiger partial charge in [-0.3, -0.25) is 0 Å². The molecule has 0 aromatic heterocycles. The fourth-order valence-electron chi connectivity index (χ4n) is 6.42. The van der Waals surface area contributed by atoms with Crippen molar-refractivity contribution in [1.29, 1.82) is 10.5 Å². The van der Waals surface area contributed by atoms with Gasteiger partial charge in [-0.15, -0.1) is 0 Å². The molecule has 0 spiro atoms. The minimum absolute atomic E-state index is 0.148. The number of anilines is 6. The number of fused-ring (bicyclic) bond motifs is 4. The Morgan fingerprint density at radius 2 is 0.952 bits per heavy atom. The van der Waals surface area contributed by atoms with Crippen LogP contribution in [0.4, 0.5) is 34.1 Å². The third kappa shape index (κ3) is 4.05. The molecule has 0 saturated carbocycles. The predicted octanol–water partition coefficient (Wildman–Crippen LogP) is 7.13. The number of nitrogens with zero attached hydrogens (tertiary/aromatic N) is 5. The largest absolute Gasteiger partial charge is 0.371 e. The molecule has 2 heterocycles. The number of hydrogen-bond donors (Lipinski definition) is 0. The summed E-state index contributed by atoms with van der Waals surface area (Å²) in [6.45, 7) is 12.8. The van der Waals surface area contributed by atoms with Crippen molar-refractivity contribution in [3.63, 3.8) is 0 Å². The van der Waals surface area contributed by atoms with Crippen molar-refractivity contribution < 1.29 is 0 Å². The maximum atomic E-state index is 10.7. The van der Waals surface area contributed by atoms with Crippen LogP contribution in [-0.4, -0.2) is 20.9 Å². The summed E-state index contributed by atoms with van der Waals surface area (Å²) in [5.74, 6) is 0. The van der Waals surface area contributed by atoms with E-state index < -0.39 is 0 Å². The van der Waals surface area contributed by atoms with E-state index in [9.17, 15) is 10.5 Å². The van der Waals surface area contributed by atoms with Crippen molar-refractivity contribution >= 4 is 51.9 Å². The summed E-state index contributed by atoms with van der Waals surface area (Å²) < 4.78 is 0. The summed E-state index contributed by atoms with van der Waals surface area (Å²) in [7, 11) is 4.17. The highest BCUT2D eigenvalue weighted by Crippen LogP contribution is 2.53. The van der Waals surface area contributed by atoms with Crippen LogP contribution in [0.2, 0.25) is 0 Å². The van der Waals surface area contributed by atoms with E-state index in [-0.39, 0.29) is 17.7 Å². The van der Waals surface area contributed by atoms with Crippen molar-refractivity contribution in [2.75, 3.05) is 28.7 Å². The van der Waals surface area contributed by atoms with Gasteiger partial charge in [-0.05, 0) is 69.3 Å². The molecule has 4 aromatic rings. The van der Waals surface area contributed by atoms with Gasteiger partial charge in [0.15, 0.2) is 0 Å². The molecule has 0 aliphatic carbocycles. The Bertz CT molecular complexity index is 1700. The van der Waals surface area contributed by atoms with E-state index in [4.69, 9.17) is 0 Å². The number of benzene rings is 4. The van der Waals surface area contributed by atoms with E-state index in [2.05, 4.69) is 143 Å². The average Bonchev–Trinajstić information content (AvgIpc) is 2.96. The van der Waals surface area contributed by atoms with Gasteiger partial charge in [0.2, 0.25) is 0 Å². The fourth-order valence-corrected chi connectivity index (χ4v) is 6.42. The van der Waals surface area contributed by atoms with E-state index in [1.807, 2.05) is 12.1 Å². The van der Waals surface area contributed by atoms with Crippen molar-refractivity contribution in [2.24, 2.45) is 0 Å². The zero-order valence-corrected chi connectivity index (χ0v) is 25.7. The summed E-state index contributed by atoms with van der Waals surface area (Å²) in [5, 5.41) is 21.4. The molecule has 0 amide bonds. The van der Waals surface area contributed by atoms with Crippen LogP contribution >= 0.6 is 0 Å². The fraction of sp³-hybridized carbons (Fsp3) is 0.278. The molecule has 208 valence electrons. The highest BCUT2D eigenvalue weighted by molar-refractivity contribution is 6.92. The lowest BCUT2D eigenvalue weighted by molar-refractivity contribution is 0.589. The molecule has 6 heteroatoms. The van der Waals surface area contributed by atoms with Crippen LogP contribution in [0.25, 0.3) is 0 Å². The first-order valence-electron chi connectivity index (χ1n) is 14.5. The van der Waals surface area contributed by atoms with Crippen LogP contribution < -0.4 is 25.5 Å². The van der Waals surface area contributed by atoms with Gasteiger partial charge >= 0.3 is 6.85 Å². The van der Waals surface area contributed by atoms with E-state index in [1.165, 1.54) is 0 Å². The number of para-hydroxylation sites is 2. The van der Waals surface area contributed by atoms with E-state index >= 15 is 0 Å². The van der Waals surface area contributed by atoms with Crippen molar-refractivity contribution in [3.8, 4) is 12.1 Å². The summed E-state index contributed by atoms with van der Waals surface area (Å²) in [6, 6.07) is 30.6. The highest BCUT2D eigenvalue weighted by Gasteiger charge is 2.44. The maximum Gasteiger partial charge on any atom is 0.332 e. The Morgan fingerprint density at radius 1 is 0.571 bits per heavy atom. The number of nitriles is 2. The zero-order valence-electron chi connectivity index (χ0n) is 25.7. The lowest BCUT2D eigenvalue weighted by atomic mass is 9.46. The number of rotatable bonds is 1. The normalized spacial score (nSPS) is 14.0. The molecule has 0 N–H and O–H groups in total. The smallest absolute Gasteiger partial charge is 0.332 e. The van der Waals surface area contributed by atoms with Crippen molar-refractivity contribution in [2.45, 2.75) is 52.4 Å². The molecule has 2 aliphatic rings. The molecule has 42 heavy (non-hydrogen) atoms. The van der Waals surface area contributed by atoms with Gasteiger partial charge in [0.25, 0.3) is 0 Å². The monoisotopic (exact) mass is 549 g/mol. The SMILES string of the molecule is CN1c2ccccc2B(N2c3c(C#N)cc(C(C)(C)C)cc3N(C)c3cc(C(C)(C)C)cc(C#N)c32)c2ccccc21. The maximum absolute atomic E-state index is 10.7. The van der Waals surface area contributed by atoms with Crippen LogP contribution in [0.15, 0.2) is 72.8 Å². The van der Waals surface area contributed by atoms with E-state index in [0.717, 1.165) is 56.2 Å². The van der Waals surface area contributed by atoms with Crippen LogP contribution in [0.5, 0.6) is 0 Å². The van der Waals surface area contributed by atoms with Crippen molar-refractivity contribution in [1.82, 2.24) is 0 Å². The Morgan fingerprint density at radius 3 is 1.33 bits per heavy atom. The van der Waals surface area contributed by atoms with Crippen LogP contribution in [0.1, 0.15) is 63.8 Å². The van der Waals surface area contributed by atoms with Gasteiger partial charge in [0.05, 0.1) is 33.9 Å². The third-order valence-electron chi connectivity index (χ3n) is 8.80.